The summed E-state index contributed by atoms with van der Waals surface area (Å²) in [5.41, 5.74) is 0.483. The van der Waals surface area contributed by atoms with Gasteiger partial charge in [0.15, 0.2) is 9.04 Å². The highest BCUT2D eigenvalue weighted by Gasteiger charge is 2.33. The van der Waals surface area contributed by atoms with Gasteiger partial charge in [-0.3, -0.25) is 0 Å². The summed E-state index contributed by atoms with van der Waals surface area (Å²) in [6, 6.07) is 0. The van der Waals surface area contributed by atoms with Crippen molar-refractivity contribution in [3.05, 3.63) is 0 Å². The Labute approximate surface area is 84.6 Å². The number of rotatable bonds is 2. The summed E-state index contributed by atoms with van der Waals surface area (Å²) in [5.74, 6) is 0.880. The molecule has 1 fully saturated rings. The SMILES string of the molecule is C[SiH](C)OC1CCC(C(C)(C)C)C1. The van der Waals surface area contributed by atoms with Crippen LogP contribution in [-0.2, 0) is 4.43 Å². The van der Waals surface area contributed by atoms with Crippen molar-refractivity contribution in [3.63, 3.8) is 0 Å². The van der Waals surface area contributed by atoms with Crippen LogP contribution in [0, 0.1) is 11.3 Å². The number of hydrogen-bond donors (Lipinski definition) is 0. The average Bonchev–Trinajstić information content (AvgIpc) is 2.32. The van der Waals surface area contributed by atoms with Crippen LogP contribution >= 0.6 is 0 Å². The largest absolute Gasteiger partial charge is 0.418 e. The second-order valence-electron chi connectivity index (χ2n) is 5.68. The van der Waals surface area contributed by atoms with E-state index in [1.165, 1.54) is 19.3 Å². The van der Waals surface area contributed by atoms with Crippen molar-refractivity contribution in [2.75, 3.05) is 0 Å². The van der Waals surface area contributed by atoms with E-state index < -0.39 is 9.04 Å². The standard InChI is InChI=1S/C11H24OSi/c1-11(2,3)9-6-7-10(8-9)12-13(4)5/h9-10,13H,6-8H2,1-5H3. The Kier molecular flexibility index (Phi) is 3.58. The van der Waals surface area contributed by atoms with Crippen LogP contribution in [0.3, 0.4) is 0 Å². The Morgan fingerprint density at radius 1 is 1.15 bits per heavy atom. The predicted molar refractivity (Wildman–Crippen MR) is 60.5 cm³/mol. The van der Waals surface area contributed by atoms with Gasteiger partial charge in [0.2, 0.25) is 0 Å². The molecule has 0 aromatic heterocycles. The van der Waals surface area contributed by atoms with Gasteiger partial charge in [0, 0.05) is 6.10 Å². The summed E-state index contributed by atoms with van der Waals surface area (Å²) >= 11 is 0. The molecule has 0 amide bonds. The maximum absolute atomic E-state index is 5.98. The van der Waals surface area contributed by atoms with Gasteiger partial charge in [0.1, 0.15) is 0 Å². The quantitative estimate of drug-likeness (QED) is 0.622. The van der Waals surface area contributed by atoms with Crippen molar-refractivity contribution < 1.29 is 4.43 Å². The monoisotopic (exact) mass is 200 g/mol. The maximum atomic E-state index is 5.98. The summed E-state index contributed by atoms with van der Waals surface area (Å²) < 4.78 is 5.98. The number of hydrogen-bond acceptors (Lipinski definition) is 1. The third kappa shape index (κ3) is 3.43. The Bertz CT molecular complexity index is 160. The summed E-state index contributed by atoms with van der Waals surface area (Å²) in [6.45, 7) is 11.6. The molecular formula is C11H24OSi. The lowest BCUT2D eigenvalue weighted by molar-refractivity contribution is 0.180. The molecule has 0 aromatic carbocycles. The van der Waals surface area contributed by atoms with Crippen molar-refractivity contribution in [2.24, 2.45) is 11.3 Å². The molecule has 78 valence electrons. The third-order valence-electron chi connectivity index (χ3n) is 3.07. The van der Waals surface area contributed by atoms with Gasteiger partial charge in [-0.2, -0.15) is 0 Å². The molecule has 0 spiro atoms. The summed E-state index contributed by atoms with van der Waals surface area (Å²) in [5, 5.41) is 0. The topological polar surface area (TPSA) is 9.23 Å². The molecular weight excluding hydrogens is 176 g/mol. The van der Waals surface area contributed by atoms with Crippen LogP contribution in [0.1, 0.15) is 40.0 Å². The van der Waals surface area contributed by atoms with Gasteiger partial charge in [-0.25, -0.2) is 0 Å². The molecule has 1 nitrogen and oxygen atoms in total. The Balaban J connectivity index is 2.36. The highest BCUT2D eigenvalue weighted by atomic mass is 28.3. The van der Waals surface area contributed by atoms with Crippen LogP contribution < -0.4 is 0 Å². The molecule has 2 atom stereocenters. The second-order valence-corrected chi connectivity index (χ2v) is 8.05. The molecule has 13 heavy (non-hydrogen) atoms. The van der Waals surface area contributed by atoms with Crippen molar-refractivity contribution in [1.29, 1.82) is 0 Å². The molecule has 0 aliphatic heterocycles. The first-order valence-electron chi connectivity index (χ1n) is 5.55. The first kappa shape index (κ1) is 11.3. The Morgan fingerprint density at radius 2 is 1.77 bits per heavy atom. The molecule has 0 N–H and O–H groups in total. The Morgan fingerprint density at radius 3 is 2.15 bits per heavy atom. The highest BCUT2D eigenvalue weighted by molar-refractivity contribution is 6.48. The molecule has 1 rings (SSSR count). The zero-order valence-electron chi connectivity index (χ0n) is 9.76. The summed E-state index contributed by atoms with van der Waals surface area (Å²) in [6.07, 6.45) is 4.56. The van der Waals surface area contributed by atoms with E-state index in [1.807, 2.05) is 0 Å². The van der Waals surface area contributed by atoms with Crippen LogP contribution in [0.15, 0.2) is 0 Å². The fourth-order valence-electron chi connectivity index (χ4n) is 2.24. The van der Waals surface area contributed by atoms with Crippen LogP contribution in [-0.4, -0.2) is 15.1 Å². The molecule has 1 aliphatic carbocycles. The van der Waals surface area contributed by atoms with E-state index in [0.29, 0.717) is 11.5 Å². The zero-order valence-corrected chi connectivity index (χ0v) is 10.9. The van der Waals surface area contributed by atoms with Crippen LogP contribution in [0.2, 0.25) is 13.1 Å². The third-order valence-corrected chi connectivity index (χ3v) is 4.00. The molecule has 2 heteroatoms. The van der Waals surface area contributed by atoms with Crippen LogP contribution in [0.4, 0.5) is 0 Å². The van der Waals surface area contributed by atoms with Gasteiger partial charge < -0.3 is 4.43 Å². The lowest BCUT2D eigenvalue weighted by atomic mass is 9.80. The second kappa shape index (κ2) is 4.14. The molecule has 2 unspecified atom stereocenters. The molecule has 0 bridgehead atoms. The van der Waals surface area contributed by atoms with Gasteiger partial charge in [0.25, 0.3) is 0 Å². The van der Waals surface area contributed by atoms with Gasteiger partial charge in [-0.05, 0) is 43.7 Å². The lowest BCUT2D eigenvalue weighted by Gasteiger charge is -2.27. The minimum atomic E-state index is -0.805. The molecule has 0 aromatic rings. The van der Waals surface area contributed by atoms with E-state index in [0.717, 1.165) is 5.92 Å². The van der Waals surface area contributed by atoms with Gasteiger partial charge in [0.05, 0.1) is 0 Å². The fraction of sp³-hybridized carbons (Fsp3) is 1.00. The zero-order chi connectivity index (χ0) is 10.1. The van der Waals surface area contributed by atoms with E-state index >= 15 is 0 Å². The normalized spacial score (nSPS) is 30.0. The molecule has 0 saturated heterocycles. The van der Waals surface area contributed by atoms with E-state index in [9.17, 15) is 0 Å². The maximum Gasteiger partial charge on any atom is 0.171 e. The summed E-state index contributed by atoms with van der Waals surface area (Å²) in [4.78, 5) is 0. The Hall–Kier alpha value is 0.177. The van der Waals surface area contributed by atoms with E-state index in [1.54, 1.807) is 0 Å². The molecule has 0 heterocycles. The predicted octanol–water partition coefficient (Wildman–Crippen LogP) is 3.20. The van der Waals surface area contributed by atoms with Gasteiger partial charge in [-0.15, -0.1) is 0 Å². The lowest BCUT2D eigenvalue weighted by Crippen LogP contribution is -2.21. The van der Waals surface area contributed by atoms with Gasteiger partial charge in [-0.1, -0.05) is 20.8 Å². The smallest absolute Gasteiger partial charge is 0.171 e. The molecule has 0 radical (unpaired) electrons. The van der Waals surface area contributed by atoms with Crippen molar-refractivity contribution >= 4 is 9.04 Å². The fourth-order valence-corrected chi connectivity index (χ4v) is 3.25. The van der Waals surface area contributed by atoms with Crippen LogP contribution in [0.5, 0.6) is 0 Å². The van der Waals surface area contributed by atoms with E-state index in [2.05, 4.69) is 33.9 Å². The average molecular weight is 200 g/mol. The minimum Gasteiger partial charge on any atom is -0.418 e. The van der Waals surface area contributed by atoms with E-state index in [-0.39, 0.29) is 0 Å². The molecule has 1 aliphatic rings. The van der Waals surface area contributed by atoms with Crippen molar-refractivity contribution in [3.8, 4) is 0 Å². The summed E-state index contributed by atoms with van der Waals surface area (Å²) in [7, 11) is -0.805. The van der Waals surface area contributed by atoms with Crippen molar-refractivity contribution in [1.82, 2.24) is 0 Å². The van der Waals surface area contributed by atoms with Crippen molar-refractivity contribution in [2.45, 2.75) is 59.2 Å². The van der Waals surface area contributed by atoms with E-state index in [4.69, 9.17) is 4.43 Å². The first-order chi connectivity index (χ1) is 5.89. The van der Waals surface area contributed by atoms with Gasteiger partial charge >= 0.3 is 0 Å². The molecule has 1 saturated carbocycles. The highest BCUT2D eigenvalue weighted by Crippen LogP contribution is 2.40. The van der Waals surface area contributed by atoms with Crippen LogP contribution in [0.25, 0.3) is 0 Å². The minimum absolute atomic E-state index is 0.483. The first-order valence-corrected chi connectivity index (χ1v) is 8.33.